The van der Waals surface area contributed by atoms with Crippen molar-refractivity contribution in [2.75, 3.05) is 40.9 Å². The van der Waals surface area contributed by atoms with Crippen LogP contribution in [0.15, 0.2) is 72.8 Å². The monoisotopic (exact) mass is 822 g/mol. The van der Waals surface area contributed by atoms with Gasteiger partial charge in [-0.1, -0.05) is 176 Å². The number of carbonyl (C=O) groups is 1. The quantitative estimate of drug-likeness (QED) is 0.0186. The normalized spacial score (nSPS) is 14.4. The number of amides is 1. The van der Waals surface area contributed by atoms with Crippen LogP contribution in [-0.2, 0) is 18.4 Å². The lowest BCUT2D eigenvalue weighted by Crippen LogP contribution is -2.45. The molecule has 0 aromatic heterocycles. The molecule has 3 aromatic rings. The number of hydrogen-bond acceptors (Lipinski definition) is 5. The molecule has 3 N–H and O–H groups in total. The summed E-state index contributed by atoms with van der Waals surface area (Å²) in [7, 11) is 1.54. The van der Waals surface area contributed by atoms with Crippen LogP contribution in [0.2, 0.25) is 0 Å². The minimum absolute atomic E-state index is 0.0519. The van der Waals surface area contributed by atoms with Crippen LogP contribution in [0, 0.1) is 0 Å². The summed E-state index contributed by atoms with van der Waals surface area (Å²) in [4.78, 5) is 23.2. The predicted molar refractivity (Wildman–Crippen MR) is 245 cm³/mol. The van der Waals surface area contributed by atoms with Gasteiger partial charge in [0.2, 0.25) is 5.91 Å². The summed E-state index contributed by atoms with van der Waals surface area (Å²) >= 11 is 0. The summed E-state index contributed by atoms with van der Waals surface area (Å²) < 4.78 is 23.6. The standard InChI is InChI=1S/C49H77N2O6P/c1-5-6-7-8-9-10-11-12-13-16-19-22-25-36-48(52)47(41-57-58(54,55)56-39-38-51(2,3)4)50-49(53)37-26-23-20-17-14-15-18-21-24-35-46-44-33-29-27-31-42(44)40-43-32-28-30-34-45(43)46/h24-25,27-36,40,47-48,52H,5-23,26,37-39,41H2,1-4H3,(H-,50,53,54,55)/p+1/b35-24+,36-25+/t47-,48+/m0/s1. The van der Waals surface area contributed by atoms with Crippen LogP contribution >= 0.6 is 7.82 Å². The van der Waals surface area contributed by atoms with Gasteiger partial charge in [-0.05, 0) is 65.3 Å². The smallest absolute Gasteiger partial charge is 0.387 e. The van der Waals surface area contributed by atoms with E-state index in [2.05, 4.69) is 79.0 Å². The third-order valence-corrected chi connectivity index (χ3v) is 11.9. The average molecular weight is 822 g/mol. The minimum atomic E-state index is -4.35. The maximum absolute atomic E-state index is 13.0. The van der Waals surface area contributed by atoms with Gasteiger partial charge in [-0.2, -0.15) is 0 Å². The Morgan fingerprint density at radius 3 is 1.78 bits per heavy atom. The first-order chi connectivity index (χ1) is 28.0. The van der Waals surface area contributed by atoms with Gasteiger partial charge >= 0.3 is 7.82 Å². The second-order valence-corrected chi connectivity index (χ2v) is 18.6. The number of quaternary nitrogens is 1. The van der Waals surface area contributed by atoms with Gasteiger partial charge in [0.15, 0.2) is 0 Å². The molecule has 0 fully saturated rings. The highest BCUT2D eigenvalue weighted by molar-refractivity contribution is 7.47. The first-order valence-corrected chi connectivity index (χ1v) is 24.1. The van der Waals surface area contributed by atoms with Gasteiger partial charge in [0.05, 0.1) is 39.9 Å². The molecule has 58 heavy (non-hydrogen) atoms. The third-order valence-electron chi connectivity index (χ3n) is 10.9. The van der Waals surface area contributed by atoms with E-state index in [0.717, 1.165) is 57.8 Å². The van der Waals surface area contributed by atoms with Crippen molar-refractivity contribution in [2.24, 2.45) is 0 Å². The van der Waals surface area contributed by atoms with Crippen LogP contribution in [0.4, 0.5) is 0 Å². The molecule has 3 aromatic carbocycles. The van der Waals surface area contributed by atoms with Crippen molar-refractivity contribution in [3.8, 4) is 0 Å². The van der Waals surface area contributed by atoms with Gasteiger partial charge in [0, 0.05) is 6.42 Å². The van der Waals surface area contributed by atoms with Crippen molar-refractivity contribution in [3.63, 3.8) is 0 Å². The lowest BCUT2D eigenvalue weighted by molar-refractivity contribution is -0.870. The molecule has 1 unspecified atom stereocenters. The van der Waals surface area contributed by atoms with E-state index in [-0.39, 0.29) is 19.1 Å². The van der Waals surface area contributed by atoms with Crippen molar-refractivity contribution in [1.29, 1.82) is 0 Å². The topological polar surface area (TPSA) is 105 Å². The van der Waals surface area contributed by atoms with E-state index < -0.39 is 20.0 Å². The molecule has 8 nitrogen and oxygen atoms in total. The zero-order valence-electron chi connectivity index (χ0n) is 36.6. The van der Waals surface area contributed by atoms with Gasteiger partial charge in [0.1, 0.15) is 13.2 Å². The highest BCUT2D eigenvalue weighted by atomic mass is 31.2. The van der Waals surface area contributed by atoms with Crippen molar-refractivity contribution in [1.82, 2.24) is 5.32 Å². The van der Waals surface area contributed by atoms with Crippen molar-refractivity contribution in [2.45, 2.75) is 154 Å². The number of benzene rings is 3. The highest BCUT2D eigenvalue weighted by Gasteiger charge is 2.27. The Bertz CT molecular complexity index is 1630. The summed E-state index contributed by atoms with van der Waals surface area (Å²) in [6, 6.07) is 18.6. The molecule has 0 radical (unpaired) electrons. The Hall–Kier alpha value is -2.84. The summed E-state index contributed by atoms with van der Waals surface area (Å²) in [6.07, 6.45) is 30.9. The predicted octanol–water partition coefficient (Wildman–Crippen LogP) is 12.5. The molecule has 1 amide bonds. The van der Waals surface area contributed by atoms with E-state index in [1.54, 1.807) is 6.08 Å². The molecule has 0 aliphatic heterocycles. The van der Waals surface area contributed by atoms with Crippen molar-refractivity contribution >= 4 is 41.4 Å². The Morgan fingerprint density at radius 1 is 0.724 bits per heavy atom. The van der Waals surface area contributed by atoms with Gasteiger partial charge < -0.3 is 19.8 Å². The fourth-order valence-corrected chi connectivity index (χ4v) is 8.04. The molecule has 9 heteroatoms. The molecule has 0 heterocycles. The number of aliphatic hydroxyl groups is 1. The minimum Gasteiger partial charge on any atom is -0.387 e. The summed E-state index contributed by atoms with van der Waals surface area (Å²) in [6.45, 7) is 2.50. The third kappa shape index (κ3) is 21.4. The second-order valence-electron chi connectivity index (χ2n) is 17.2. The van der Waals surface area contributed by atoms with E-state index in [9.17, 15) is 19.4 Å². The fourth-order valence-electron chi connectivity index (χ4n) is 7.30. The van der Waals surface area contributed by atoms with Gasteiger partial charge in [-0.25, -0.2) is 4.57 Å². The number of phosphoric ester groups is 1. The second kappa shape index (κ2) is 28.6. The maximum Gasteiger partial charge on any atom is 0.472 e. The van der Waals surface area contributed by atoms with Crippen molar-refractivity contribution < 1.29 is 32.9 Å². The average Bonchev–Trinajstić information content (AvgIpc) is 3.19. The number of nitrogens with zero attached hydrogens (tertiary/aromatic N) is 1. The number of likely N-dealkylation sites (N-methyl/N-ethyl adjacent to an activating group) is 1. The van der Waals surface area contributed by atoms with Crippen LogP contribution in [0.25, 0.3) is 27.6 Å². The molecule has 0 saturated heterocycles. The summed E-state index contributed by atoms with van der Waals surface area (Å²) in [5.74, 6) is -0.198. The van der Waals surface area contributed by atoms with Crippen molar-refractivity contribution in [3.05, 3.63) is 78.4 Å². The largest absolute Gasteiger partial charge is 0.472 e. The van der Waals surface area contributed by atoms with E-state index in [1.165, 1.54) is 97.7 Å². The Kier molecular flexibility index (Phi) is 24.4. The molecular weight excluding hydrogens is 744 g/mol. The van der Waals surface area contributed by atoms with E-state index in [0.29, 0.717) is 17.4 Å². The number of carbonyl (C=O) groups excluding carboxylic acids is 1. The molecule has 0 aliphatic rings. The number of allylic oxidation sites excluding steroid dienone is 2. The fraction of sp³-hybridized carbons (Fsp3) is 0.612. The number of aliphatic hydroxyl groups excluding tert-OH is 1. The van der Waals surface area contributed by atoms with Gasteiger partial charge in [0.25, 0.3) is 0 Å². The Morgan fingerprint density at radius 2 is 1.22 bits per heavy atom. The molecular formula is C49H78N2O6P+. The lowest BCUT2D eigenvalue weighted by Gasteiger charge is -2.25. The number of hydrogen-bond donors (Lipinski definition) is 3. The van der Waals surface area contributed by atoms with E-state index in [4.69, 9.17) is 9.05 Å². The Labute approximate surface area is 351 Å². The maximum atomic E-state index is 13.0. The zero-order valence-corrected chi connectivity index (χ0v) is 37.4. The molecule has 0 saturated carbocycles. The van der Waals surface area contributed by atoms with Gasteiger partial charge in [-0.3, -0.25) is 13.8 Å². The molecule has 3 atom stereocenters. The van der Waals surface area contributed by atoms with Crippen LogP contribution in [0.5, 0.6) is 0 Å². The first-order valence-electron chi connectivity index (χ1n) is 22.6. The number of rotatable bonds is 33. The van der Waals surface area contributed by atoms with Crippen LogP contribution in [0.3, 0.4) is 0 Å². The highest BCUT2D eigenvalue weighted by Crippen LogP contribution is 2.43. The van der Waals surface area contributed by atoms with Crippen LogP contribution in [0.1, 0.15) is 147 Å². The zero-order chi connectivity index (χ0) is 41.9. The van der Waals surface area contributed by atoms with E-state index >= 15 is 0 Å². The lowest BCUT2D eigenvalue weighted by atomic mass is 9.96. The van der Waals surface area contributed by atoms with Crippen LogP contribution in [-0.4, -0.2) is 73.4 Å². The number of phosphoric acid groups is 1. The number of unbranched alkanes of at least 4 members (excludes halogenated alkanes) is 18. The Balaban J connectivity index is 1.34. The van der Waals surface area contributed by atoms with E-state index in [1.807, 2.05) is 27.2 Å². The molecule has 324 valence electrons. The summed E-state index contributed by atoms with van der Waals surface area (Å²) in [5, 5.41) is 19.0. The molecule has 0 aliphatic carbocycles. The summed E-state index contributed by atoms with van der Waals surface area (Å²) in [5.41, 5.74) is 1.30. The molecule has 0 spiro atoms. The SMILES string of the molecule is CCCCCCCCCCCCC/C=C/[C@@H](O)[C@H](COP(=O)(O)OCC[N+](C)(C)C)NC(=O)CCCCCCCCC/C=C/c1c2ccccc2cc2ccccc12. The number of nitrogens with one attached hydrogen (secondary N) is 1. The number of fused-ring (bicyclic) bond motifs is 2. The first kappa shape index (κ1) is 49.5. The van der Waals surface area contributed by atoms with Gasteiger partial charge in [-0.15, -0.1) is 0 Å². The molecule has 3 rings (SSSR count). The van der Waals surface area contributed by atoms with Crippen LogP contribution < -0.4 is 5.32 Å². The molecule has 0 bridgehead atoms.